The Kier molecular flexibility index (Phi) is 5.47. The number of anilines is 1. The number of hydrogen-bond donors (Lipinski definition) is 1. The van der Waals surface area contributed by atoms with Gasteiger partial charge in [-0.25, -0.2) is 9.67 Å². The van der Waals surface area contributed by atoms with Crippen LogP contribution < -0.4 is 15.6 Å². The Labute approximate surface area is 172 Å². The van der Waals surface area contributed by atoms with Gasteiger partial charge in [0.15, 0.2) is 11.6 Å². The fourth-order valence-electron chi connectivity index (χ4n) is 3.08. The molecule has 8 heteroatoms. The second-order valence-corrected chi connectivity index (χ2v) is 6.64. The average Bonchev–Trinajstić information content (AvgIpc) is 2.77. The fourth-order valence-corrected chi connectivity index (χ4v) is 3.08. The van der Waals surface area contributed by atoms with E-state index in [2.05, 4.69) is 20.4 Å². The molecular weight excluding hydrogens is 382 g/mol. The van der Waals surface area contributed by atoms with Crippen LogP contribution in [0.15, 0.2) is 71.9 Å². The third-order valence-electron chi connectivity index (χ3n) is 4.53. The lowest BCUT2D eigenvalue weighted by Gasteiger charge is -2.12. The molecule has 30 heavy (non-hydrogen) atoms. The highest BCUT2D eigenvalue weighted by Gasteiger charge is 2.14. The molecule has 3 heterocycles. The number of carbonyl (C=O) groups is 1. The molecule has 150 valence electrons. The van der Waals surface area contributed by atoms with Crippen LogP contribution >= 0.6 is 0 Å². The number of ether oxygens (including phenoxy) is 1. The minimum atomic E-state index is -0.307. The van der Waals surface area contributed by atoms with Crippen LogP contribution in [0, 0.1) is 0 Å². The summed E-state index contributed by atoms with van der Waals surface area (Å²) in [7, 11) is 1.57. The van der Waals surface area contributed by atoms with E-state index >= 15 is 0 Å². The van der Waals surface area contributed by atoms with Gasteiger partial charge in [0, 0.05) is 31.0 Å². The first-order chi connectivity index (χ1) is 14.6. The number of fused-ring (bicyclic) bond motifs is 1. The number of aryl methyl sites for hydroxylation is 1. The summed E-state index contributed by atoms with van der Waals surface area (Å²) in [5, 5.41) is 8.23. The molecular formula is C22H19N5O3. The SMILES string of the molecule is Cn1nc(CC(=O)Nc2ncccc2OCc2ccncc2)c2ccccc2c1=O. The van der Waals surface area contributed by atoms with Gasteiger partial charge in [-0.05, 0) is 35.9 Å². The van der Waals surface area contributed by atoms with E-state index in [9.17, 15) is 9.59 Å². The van der Waals surface area contributed by atoms with E-state index in [1.54, 1.807) is 56.0 Å². The summed E-state index contributed by atoms with van der Waals surface area (Å²) in [6.45, 7) is 0.323. The molecule has 0 bridgehead atoms. The number of nitrogens with zero attached hydrogens (tertiary/aromatic N) is 4. The highest BCUT2D eigenvalue weighted by Crippen LogP contribution is 2.22. The van der Waals surface area contributed by atoms with Crippen molar-refractivity contribution in [3.05, 3.63) is 88.7 Å². The summed E-state index contributed by atoms with van der Waals surface area (Å²) in [5.41, 5.74) is 1.26. The van der Waals surface area contributed by atoms with Crippen LogP contribution in [0.5, 0.6) is 5.75 Å². The molecule has 4 aromatic rings. The predicted octanol–water partition coefficient (Wildman–Crippen LogP) is 2.48. The van der Waals surface area contributed by atoms with Crippen molar-refractivity contribution in [2.24, 2.45) is 7.05 Å². The lowest BCUT2D eigenvalue weighted by molar-refractivity contribution is -0.115. The first kappa shape index (κ1) is 19.3. The fraction of sp³-hybridized carbons (Fsp3) is 0.136. The van der Waals surface area contributed by atoms with Gasteiger partial charge in [-0.3, -0.25) is 14.6 Å². The number of amides is 1. The van der Waals surface area contributed by atoms with Gasteiger partial charge in [0.25, 0.3) is 5.56 Å². The van der Waals surface area contributed by atoms with Crippen molar-refractivity contribution in [3.8, 4) is 5.75 Å². The second kappa shape index (κ2) is 8.52. The van der Waals surface area contributed by atoms with Crippen LogP contribution in [0.25, 0.3) is 10.8 Å². The smallest absolute Gasteiger partial charge is 0.274 e. The van der Waals surface area contributed by atoms with Crippen molar-refractivity contribution in [2.75, 3.05) is 5.32 Å². The monoisotopic (exact) mass is 401 g/mol. The van der Waals surface area contributed by atoms with E-state index in [-0.39, 0.29) is 17.9 Å². The van der Waals surface area contributed by atoms with E-state index in [4.69, 9.17) is 4.74 Å². The molecule has 0 aliphatic heterocycles. The second-order valence-electron chi connectivity index (χ2n) is 6.64. The quantitative estimate of drug-likeness (QED) is 0.533. The molecule has 3 aromatic heterocycles. The lowest BCUT2D eigenvalue weighted by atomic mass is 10.1. The van der Waals surface area contributed by atoms with Crippen molar-refractivity contribution in [1.82, 2.24) is 19.7 Å². The van der Waals surface area contributed by atoms with Crippen LogP contribution in [0.3, 0.4) is 0 Å². The lowest BCUT2D eigenvalue weighted by Crippen LogP contribution is -2.24. The standard InChI is InChI=1S/C22H19N5O3/c1-27-22(29)17-6-3-2-5-16(17)18(26-27)13-20(28)25-21-19(7-4-10-24-21)30-14-15-8-11-23-12-9-15/h2-12H,13-14H2,1H3,(H,24,25,28). The maximum Gasteiger partial charge on any atom is 0.274 e. The third kappa shape index (κ3) is 4.17. The zero-order valence-corrected chi connectivity index (χ0v) is 16.3. The van der Waals surface area contributed by atoms with Gasteiger partial charge in [-0.15, -0.1) is 0 Å². The summed E-state index contributed by atoms with van der Waals surface area (Å²) in [4.78, 5) is 33.2. The number of hydrogen-bond acceptors (Lipinski definition) is 6. The topological polar surface area (TPSA) is 99.0 Å². The number of pyridine rings is 2. The first-order valence-corrected chi connectivity index (χ1v) is 9.33. The van der Waals surface area contributed by atoms with E-state index in [1.807, 2.05) is 18.2 Å². The molecule has 8 nitrogen and oxygen atoms in total. The summed E-state index contributed by atoms with van der Waals surface area (Å²) in [6, 6.07) is 14.3. The Morgan fingerprint density at radius 2 is 1.80 bits per heavy atom. The van der Waals surface area contributed by atoms with Gasteiger partial charge in [0.2, 0.25) is 5.91 Å². The normalized spacial score (nSPS) is 10.7. The number of benzene rings is 1. The van der Waals surface area contributed by atoms with Crippen LogP contribution in [0.4, 0.5) is 5.82 Å². The molecule has 1 amide bonds. The van der Waals surface area contributed by atoms with E-state index < -0.39 is 0 Å². The van der Waals surface area contributed by atoms with Crippen molar-refractivity contribution in [3.63, 3.8) is 0 Å². The summed E-state index contributed by atoms with van der Waals surface area (Å²) >= 11 is 0. The largest absolute Gasteiger partial charge is 0.485 e. The minimum absolute atomic E-state index is 0.00496. The van der Waals surface area contributed by atoms with E-state index in [1.165, 1.54) is 4.68 Å². The zero-order valence-electron chi connectivity index (χ0n) is 16.3. The molecule has 0 atom stereocenters. The number of rotatable bonds is 6. The third-order valence-corrected chi connectivity index (χ3v) is 4.53. The highest BCUT2D eigenvalue weighted by atomic mass is 16.5. The van der Waals surface area contributed by atoms with Crippen LogP contribution in [0.2, 0.25) is 0 Å². The molecule has 0 saturated heterocycles. The minimum Gasteiger partial charge on any atom is -0.485 e. The number of carbonyl (C=O) groups excluding carboxylic acids is 1. The molecule has 0 saturated carbocycles. The Morgan fingerprint density at radius 1 is 1.03 bits per heavy atom. The van der Waals surface area contributed by atoms with Crippen LogP contribution in [-0.4, -0.2) is 25.7 Å². The van der Waals surface area contributed by atoms with Crippen LogP contribution in [0.1, 0.15) is 11.3 Å². The average molecular weight is 401 g/mol. The van der Waals surface area contributed by atoms with Crippen molar-refractivity contribution in [1.29, 1.82) is 0 Å². The molecule has 0 radical (unpaired) electrons. The molecule has 1 aromatic carbocycles. The molecule has 0 aliphatic carbocycles. The Morgan fingerprint density at radius 3 is 2.60 bits per heavy atom. The summed E-state index contributed by atoms with van der Waals surface area (Å²) in [5.74, 6) is 0.477. The summed E-state index contributed by atoms with van der Waals surface area (Å²) < 4.78 is 7.06. The highest BCUT2D eigenvalue weighted by molar-refractivity contribution is 5.95. The number of aromatic nitrogens is 4. The molecule has 4 rings (SSSR count). The molecule has 0 aliphatic rings. The Bertz CT molecular complexity index is 1250. The van der Waals surface area contributed by atoms with Gasteiger partial charge in [-0.2, -0.15) is 5.10 Å². The van der Waals surface area contributed by atoms with Crippen LogP contribution in [-0.2, 0) is 24.9 Å². The maximum absolute atomic E-state index is 12.7. The summed E-state index contributed by atoms with van der Waals surface area (Å²) in [6.07, 6.45) is 4.95. The molecule has 0 fully saturated rings. The van der Waals surface area contributed by atoms with Gasteiger partial charge < -0.3 is 10.1 Å². The van der Waals surface area contributed by atoms with Crippen molar-refractivity contribution < 1.29 is 9.53 Å². The van der Waals surface area contributed by atoms with Gasteiger partial charge in [0.1, 0.15) is 6.61 Å². The van der Waals surface area contributed by atoms with Crippen molar-refractivity contribution in [2.45, 2.75) is 13.0 Å². The van der Waals surface area contributed by atoms with Gasteiger partial charge in [0.05, 0.1) is 17.5 Å². The molecule has 0 unspecified atom stereocenters. The predicted molar refractivity (Wildman–Crippen MR) is 112 cm³/mol. The number of nitrogens with one attached hydrogen (secondary N) is 1. The van der Waals surface area contributed by atoms with E-state index in [0.717, 1.165) is 5.56 Å². The van der Waals surface area contributed by atoms with Gasteiger partial charge in [-0.1, -0.05) is 18.2 Å². The first-order valence-electron chi connectivity index (χ1n) is 9.33. The van der Waals surface area contributed by atoms with E-state index in [0.29, 0.717) is 34.6 Å². The van der Waals surface area contributed by atoms with Gasteiger partial charge >= 0.3 is 0 Å². The molecule has 0 spiro atoms. The van der Waals surface area contributed by atoms with Crippen molar-refractivity contribution >= 4 is 22.5 Å². The maximum atomic E-state index is 12.7. The Hall–Kier alpha value is -4.07. The Balaban J connectivity index is 1.52. The zero-order chi connectivity index (χ0) is 20.9. The molecule has 1 N–H and O–H groups in total.